The number of nitrogens with zero attached hydrogens (tertiary/aromatic N) is 1. The quantitative estimate of drug-likeness (QED) is 0.605. The number of hydroxylamine groups is 1. The third kappa shape index (κ3) is 3.64. The molecule has 4 nitrogen and oxygen atoms in total. The molecule has 1 atom stereocenters. The molecule has 1 heterocycles. The lowest BCUT2D eigenvalue weighted by atomic mass is 9.59. The summed E-state index contributed by atoms with van der Waals surface area (Å²) in [6.07, 6.45) is 11.4. The van der Waals surface area contributed by atoms with Gasteiger partial charge in [-0.25, -0.2) is 9.87 Å². The summed E-state index contributed by atoms with van der Waals surface area (Å²) in [6.45, 7) is 3.95. The SMILES string of the molecule is CC[C@H]1Cc2c(F)cc(C(=O)NO)cc2CN1CC1CCC2(CCC2)CC1. The number of hydrogen-bond donors (Lipinski definition) is 2. The molecule has 3 aliphatic rings. The zero-order valence-electron chi connectivity index (χ0n) is 16.3. The first-order valence-corrected chi connectivity index (χ1v) is 10.5. The lowest BCUT2D eigenvalue weighted by molar-refractivity contribution is 0.0361. The Balaban J connectivity index is 1.48. The van der Waals surface area contributed by atoms with Crippen LogP contribution in [0.1, 0.15) is 79.8 Å². The van der Waals surface area contributed by atoms with Crippen LogP contribution in [0.4, 0.5) is 4.39 Å². The predicted octanol–water partition coefficient (Wildman–Crippen LogP) is 4.44. The van der Waals surface area contributed by atoms with Gasteiger partial charge < -0.3 is 0 Å². The minimum atomic E-state index is -0.654. The monoisotopic (exact) mass is 374 g/mol. The van der Waals surface area contributed by atoms with Crippen molar-refractivity contribution < 1.29 is 14.4 Å². The number of hydrogen-bond acceptors (Lipinski definition) is 3. The molecule has 0 unspecified atom stereocenters. The van der Waals surface area contributed by atoms with E-state index in [4.69, 9.17) is 5.21 Å². The second-order valence-electron chi connectivity index (χ2n) is 9.03. The van der Waals surface area contributed by atoms with Crippen LogP contribution in [0.15, 0.2) is 12.1 Å². The van der Waals surface area contributed by atoms with Crippen LogP contribution in [0.5, 0.6) is 0 Å². The highest BCUT2D eigenvalue weighted by molar-refractivity contribution is 5.93. The Kier molecular flexibility index (Phi) is 5.26. The maximum Gasteiger partial charge on any atom is 0.274 e. The first-order valence-electron chi connectivity index (χ1n) is 10.5. The number of nitrogens with one attached hydrogen (secondary N) is 1. The van der Waals surface area contributed by atoms with Crippen molar-refractivity contribution in [1.29, 1.82) is 0 Å². The van der Waals surface area contributed by atoms with Crippen molar-refractivity contribution in [3.63, 3.8) is 0 Å². The molecule has 4 rings (SSSR count). The van der Waals surface area contributed by atoms with E-state index < -0.39 is 5.91 Å². The molecule has 1 aromatic carbocycles. The number of fused-ring (bicyclic) bond motifs is 1. The van der Waals surface area contributed by atoms with Gasteiger partial charge in [0.05, 0.1) is 0 Å². The van der Waals surface area contributed by atoms with Gasteiger partial charge in [-0.05, 0) is 86.0 Å². The second-order valence-corrected chi connectivity index (χ2v) is 9.03. The normalized spacial score (nSPS) is 25.1. The summed E-state index contributed by atoms with van der Waals surface area (Å²) in [4.78, 5) is 14.2. The predicted molar refractivity (Wildman–Crippen MR) is 102 cm³/mol. The highest BCUT2D eigenvalue weighted by Crippen LogP contribution is 2.52. The van der Waals surface area contributed by atoms with E-state index in [0.717, 1.165) is 30.0 Å². The lowest BCUT2D eigenvalue weighted by Crippen LogP contribution is -2.44. The molecule has 5 heteroatoms. The van der Waals surface area contributed by atoms with Gasteiger partial charge in [0, 0.05) is 24.7 Å². The van der Waals surface area contributed by atoms with Crippen molar-refractivity contribution in [2.24, 2.45) is 11.3 Å². The van der Waals surface area contributed by atoms with Crippen molar-refractivity contribution in [2.45, 2.75) is 77.3 Å². The number of halogens is 1. The zero-order valence-corrected chi connectivity index (χ0v) is 16.3. The van der Waals surface area contributed by atoms with E-state index in [-0.39, 0.29) is 11.4 Å². The van der Waals surface area contributed by atoms with Crippen LogP contribution in [0.25, 0.3) is 0 Å². The van der Waals surface area contributed by atoms with E-state index >= 15 is 0 Å². The van der Waals surface area contributed by atoms with Crippen molar-refractivity contribution in [1.82, 2.24) is 10.4 Å². The molecule has 0 aromatic heterocycles. The molecule has 148 valence electrons. The summed E-state index contributed by atoms with van der Waals surface area (Å²) in [7, 11) is 0. The van der Waals surface area contributed by atoms with E-state index in [1.807, 2.05) is 0 Å². The average molecular weight is 375 g/mol. The third-order valence-corrected chi connectivity index (χ3v) is 7.53. The summed E-state index contributed by atoms with van der Waals surface area (Å²) in [5, 5.41) is 8.87. The topological polar surface area (TPSA) is 52.6 Å². The lowest BCUT2D eigenvalue weighted by Gasteiger charge is -2.48. The van der Waals surface area contributed by atoms with Crippen LogP contribution in [-0.2, 0) is 13.0 Å². The molecule has 1 aromatic rings. The molecule has 1 aliphatic heterocycles. The molecular weight excluding hydrogens is 343 g/mol. The Hall–Kier alpha value is -1.46. The van der Waals surface area contributed by atoms with Crippen LogP contribution < -0.4 is 5.48 Å². The van der Waals surface area contributed by atoms with Crippen molar-refractivity contribution in [3.8, 4) is 0 Å². The first-order chi connectivity index (χ1) is 13.0. The zero-order chi connectivity index (χ0) is 19.0. The van der Waals surface area contributed by atoms with E-state index in [0.29, 0.717) is 24.4 Å². The molecule has 27 heavy (non-hydrogen) atoms. The van der Waals surface area contributed by atoms with Gasteiger partial charge in [0.15, 0.2) is 0 Å². The molecule has 1 amide bonds. The number of benzene rings is 1. The van der Waals surface area contributed by atoms with Crippen LogP contribution in [-0.4, -0.2) is 28.6 Å². The van der Waals surface area contributed by atoms with Gasteiger partial charge in [-0.2, -0.15) is 0 Å². The maximum atomic E-state index is 14.6. The smallest absolute Gasteiger partial charge is 0.274 e. The maximum absolute atomic E-state index is 14.6. The van der Waals surface area contributed by atoms with E-state index in [1.54, 1.807) is 11.5 Å². The molecule has 2 N–H and O–H groups in total. The fraction of sp³-hybridized carbons (Fsp3) is 0.682. The molecule has 1 spiro atoms. The van der Waals surface area contributed by atoms with Gasteiger partial charge in [0.25, 0.3) is 5.91 Å². The fourth-order valence-corrected chi connectivity index (χ4v) is 5.57. The molecule has 2 aliphatic carbocycles. The summed E-state index contributed by atoms with van der Waals surface area (Å²) in [5.41, 5.74) is 4.12. The van der Waals surface area contributed by atoms with Gasteiger partial charge >= 0.3 is 0 Å². The molecule has 2 fully saturated rings. The van der Waals surface area contributed by atoms with Crippen LogP contribution in [0, 0.1) is 17.2 Å². The number of carbonyl (C=O) groups is 1. The van der Waals surface area contributed by atoms with Crippen LogP contribution >= 0.6 is 0 Å². The van der Waals surface area contributed by atoms with Crippen LogP contribution in [0.2, 0.25) is 0 Å². The van der Waals surface area contributed by atoms with Gasteiger partial charge in [-0.15, -0.1) is 0 Å². The van der Waals surface area contributed by atoms with Gasteiger partial charge in [-0.1, -0.05) is 13.3 Å². The second kappa shape index (κ2) is 7.51. The minimum Gasteiger partial charge on any atom is -0.296 e. The largest absolute Gasteiger partial charge is 0.296 e. The molecule has 0 saturated heterocycles. The number of amides is 1. The van der Waals surface area contributed by atoms with Crippen molar-refractivity contribution >= 4 is 5.91 Å². The third-order valence-electron chi connectivity index (χ3n) is 7.53. The standard InChI is InChI=1S/C22H31FN2O2/c1-2-18-12-19-17(10-16(11-20(19)23)21(26)24-27)14-25(18)13-15-4-8-22(9-5-15)6-3-7-22/h10-11,15,18,27H,2-9,12-14H2,1H3,(H,24,26)/t18-/m0/s1. The highest BCUT2D eigenvalue weighted by atomic mass is 19.1. The van der Waals surface area contributed by atoms with E-state index in [9.17, 15) is 9.18 Å². The summed E-state index contributed by atoms with van der Waals surface area (Å²) >= 11 is 0. The van der Waals surface area contributed by atoms with Gasteiger partial charge in [0.1, 0.15) is 5.82 Å². The fourth-order valence-electron chi connectivity index (χ4n) is 5.57. The molecule has 2 saturated carbocycles. The van der Waals surface area contributed by atoms with Crippen molar-refractivity contribution in [3.05, 3.63) is 34.6 Å². The summed E-state index contributed by atoms with van der Waals surface area (Å²) in [5.74, 6) is -0.242. The Bertz CT molecular complexity index is 707. The van der Waals surface area contributed by atoms with Crippen molar-refractivity contribution in [2.75, 3.05) is 6.54 Å². The summed E-state index contributed by atoms with van der Waals surface area (Å²) in [6, 6.07) is 3.35. The van der Waals surface area contributed by atoms with Gasteiger partial charge in [0.2, 0.25) is 0 Å². The molecule has 0 radical (unpaired) electrons. The molecular formula is C22H31FN2O2. The Morgan fingerprint density at radius 3 is 2.63 bits per heavy atom. The highest BCUT2D eigenvalue weighted by Gasteiger charge is 2.40. The van der Waals surface area contributed by atoms with Crippen LogP contribution in [0.3, 0.4) is 0 Å². The van der Waals surface area contributed by atoms with E-state index in [1.165, 1.54) is 51.0 Å². The Morgan fingerprint density at radius 2 is 2.04 bits per heavy atom. The Morgan fingerprint density at radius 1 is 1.30 bits per heavy atom. The van der Waals surface area contributed by atoms with Gasteiger partial charge in [-0.3, -0.25) is 14.9 Å². The van der Waals surface area contributed by atoms with E-state index in [2.05, 4.69) is 11.8 Å². The first kappa shape index (κ1) is 18.9. The number of carbonyl (C=O) groups excluding carboxylic acids is 1. The minimum absolute atomic E-state index is 0.188. The summed E-state index contributed by atoms with van der Waals surface area (Å²) < 4.78 is 14.6. The molecule has 0 bridgehead atoms. The Labute approximate surface area is 161 Å². The number of rotatable bonds is 4. The average Bonchev–Trinajstić information content (AvgIpc) is 2.66.